The second kappa shape index (κ2) is 4.89. The van der Waals surface area contributed by atoms with Crippen LogP contribution in [0.1, 0.15) is 10.5 Å². The molecule has 0 bridgehead atoms. The molecule has 0 saturated carbocycles. The molecule has 1 N–H and O–H groups in total. The molecule has 0 spiro atoms. The molecule has 1 aromatic heterocycles. The number of hydrogen-bond donors (Lipinski definition) is 1. The summed E-state index contributed by atoms with van der Waals surface area (Å²) in [6.45, 7) is 0. The van der Waals surface area contributed by atoms with Gasteiger partial charge in [-0.25, -0.2) is 9.78 Å². The molecule has 1 heterocycles. The molecule has 1 aromatic carbocycles. The highest BCUT2D eigenvalue weighted by Gasteiger charge is 2.11. The van der Waals surface area contributed by atoms with E-state index in [1.807, 2.05) is 12.1 Å². The maximum Gasteiger partial charge on any atom is 0.356 e. The molecule has 2 aromatic rings. The van der Waals surface area contributed by atoms with E-state index < -0.39 is 5.97 Å². The molecule has 0 aliphatic heterocycles. The van der Waals surface area contributed by atoms with Crippen LogP contribution in [0.4, 0.5) is 0 Å². The normalized spacial score (nSPS) is 10.3. The van der Waals surface area contributed by atoms with Gasteiger partial charge in [0.2, 0.25) is 0 Å². The summed E-state index contributed by atoms with van der Waals surface area (Å²) in [5.74, 6) is 0.117. The lowest BCUT2D eigenvalue weighted by atomic mass is 10.2. The fourth-order valence-corrected chi connectivity index (χ4v) is 1.75. The van der Waals surface area contributed by atoms with E-state index in [-0.39, 0.29) is 0 Å². The lowest BCUT2D eigenvalue weighted by Gasteiger charge is -1.99. The van der Waals surface area contributed by atoms with Gasteiger partial charge >= 0.3 is 5.97 Å². The Balaban J connectivity index is 2.37. The first kappa shape index (κ1) is 12.1. The van der Waals surface area contributed by atoms with Crippen molar-refractivity contribution in [3.63, 3.8) is 0 Å². The van der Waals surface area contributed by atoms with E-state index in [0.29, 0.717) is 16.5 Å². The van der Waals surface area contributed by atoms with Crippen LogP contribution in [0, 0.1) is 0 Å². The summed E-state index contributed by atoms with van der Waals surface area (Å²) in [4.78, 5) is 18.2. The predicted octanol–water partition coefficient (Wildman–Crippen LogP) is 3.28. The van der Waals surface area contributed by atoms with Crippen molar-refractivity contribution in [2.75, 3.05) is 7.11 Å². The molecule has 4 nitrogen and oxygen atoms in total. The van der Waals surface area contributed by atoms with Gasteiger partial charge in [-0.1, -0.05) is 17.7 Å². The number of esters is 1. The van der Waals surface area contributed by atoms with E-state index in [2.05, 4.69) is 30.6 Å². The van der Waals surface area contributed by atoms with Crippen LogP contribution in [0.3, 0.4) is 0 Å². The first-order valence-corrected chi connectivity index (χ1v) is 5.87. The van der Waals surface area contributed by atoms with Gasteiger partial charge in [-0.2, -0.15) is 0 Å². The van der Waals surface area contributed by atoms with Gasteiger partial charge in [0.25, 0.3) is 0 Å². The highest BCUT2D eigenvalue weighted by molar-refractivity contribution is 9.10. The van der Waals surface area contributed by atoms with Crippen LogP contribution in [-0.4, -0.2) is 23.0 Å². The third kappa shape index (κ3) is 2.50. The summed E-state index contributed by atoms with van der Waals surface area (Å²) in [5.41, 5.74) is 1.11. The van der Waals surface area contributed by atoms with E-state index in [1.54, 1.807) is 6.07 Å². The van der Waals surface area contributed by atoms with Crippen molar-refractivity contribution in [3.05, 3.63) is 39.6 Å². The number of hydrogen-bond acceptors (Lipinski definition) is 3. The molecule has 6 heteroatoms. The van der Waals surface area contributed by atoms with Crippen LogP contribution in [-0.2, 0) is 4.74 Å². The Morgan fingerprint density at radius 1 is 1.53 bits per heavy atom. The third-order valence-corrected chi connectivity index (χ3v) is 3.41. The monoisotopic (exact) mass is 314 g/mol. The predicted molar refractivity (Wildman–Crippen MR) is 68.1 cm³/mol. The first-order chi connectivity index (χ1) is 8.11. The zero-order chi connectivity index (χ0) is 12.4. The molecular weight excluding hydrogens is 307 g/mol. The summed E-state index contributed by atoms with van der Waals surface area (Å²) >= 11 is 9.29. The van der Waals surface area contributed by atoms with Crippen LogP contribution in [0.15, 0.2) is 28.9 Å². The highest BCUT2D eigenvalue weighted by atomic mass is 79.9. The Kier molecular flexibility index (Phi) is 3.49. The lowest BCUT2D eigenvalue weighted by molar-refractivity contribution is 0.0595. The van der Waals surface area contributed by atoms with Gasteiger partial charge in [0, 0.05) is 10.0 Å². The summed E-state index contributed by atoms with van der Waals surface area (Å²) in [7, 11) is 1.32. The number of methoxy groups -OCH3 is 1. The Bertz CT molecular complexity index is 568. The second-order valence-electron chi connectivity index (χ2n) is 3.27. The molecule has 0 fully saturated rings. The van der Waals surface area contributed by atoms with E-state index >= 15 is 0 Å². The third-order valence-electron chi connectivity index (χ3n) is 2.17. The molecule has 0 saturated heterocycles. The number of carbonyl (C=O) groups is 1. The number of rotatable bonds is 2. The summed E-state index contributed by atoms with van der Waals surface area (Å²) in [6.07, 6.45) is 1.43. The van der Waals surface area contributed by atoms with Crippen molar-refractivity contribution in [1.82, 2.24) is 9.97 Å². The van der Waals surface area contributed by atoms with Crippen LogP contribution in [0.5, 0.6) is 0 Å². The van der Waals surface area contributed by atoms with Gasteiger partial charge in [0.1, 0.15) is 11.5 Å². The topological polar surface area (TPSA) is 55.0 Å². The van der Waals surface area contributed by atoms with E-state index in [9.17, 15) is 4.79 Å². The van der Waals surface area contributed by atoms with Crippen LogP contribution >= 0.6 is 27.5 Å². The fourth-order valence-electron chi connectivity index (χ4n) is 1.33. The molecule has 0 aliphatic rings. The van der Waals surface area contributed by atoms with Gasteiger partial charge in [-0.05, 0) is 28.1 Å². The molecule has 2 rings (SSSR count). The standard InChI is InChI=1S/C11H8BrClN2O2/c1-17-11(16)9-5-14-10(15-9)6-2-3-7(12)8(13)4-6/h2-5H,1H3,(H,14,15). The molecule has 0 atom stereocenters. The number of halogens is 2. The number of benzene rings is 1. The Hall–Kier alpha value is -1.33. The fraction of sp³-hybridized carbons (Fsp3) is 0.0909. The molecule has 0 radical (unpaired) electrons. The van der Waals surface area contributed by atoms with Crippen molar-refractivity contribution < 1.29 is 9.53 Å². The number of ether oxygens (including phenoxy) is 1. The lowest BCUT2D eigenvalue weighted by Crippen LogP contribution is -2.00. The first-order valence-electron chi connectivity index (χ1n) is 4.70. The average molecular weight is 316 g/mol. The average Bonchev–Trinajstić information content (AvgIpc) is 2.81. The number of imidazole rings is 1. The van der Waals surface area contributed by atoms with Gasteiger partial charge < -0.3 is 9.72 Å². The molecule has 0 amide bonds. The molecular formula is C11H8BrClN2O2. The number of nitrogens with one attached hydrogen (secondary N) is 1. The molecule has 0 aliphatic carbocycles. The van der Waals surface area contributed by atoms with E-state index in [1.165, 1.54) is 13.3 Å². The van der Waals surface area contributed by atoms with Gasteiger partial charge in [0.15, 0.2) is 0 Å². The van der Waals surface area contributed by atoms with Crippen molar-refractivity contribution >= 4 is 33.5 Å². The maximum atomic E-state index is 11.3. The minimum atomic E-state index is -0.452. The summed E-state index contributed by atoms with van der Waals surface area (Å²) in [5, 5.41) is 0.582. The SMILES string of the molecule is COC(=O)c1cnc(-c2ccc(Br)c(Cl)c2)[nH]1. The molecule has 0 unspecified atom stereocenters. The molecule has 88 valence electrons. The largest absolute Gasteiger partial charge is 0.464 e. The highest BCUT2D eigenvalue weighted by Crippen LogP contribution is 2.27. The second-order valence-corrected chi connectivity index (χ2v) is 4.53. The zero-order valence-corrected chi connectivity index (χ0v) is 11.2. The van der Waals surface area contributed by atoms with Gasteiger partial charge in [-0.3, -0.25) is 0 Å². The Labute approximate surface area is 111 Å². The summed E-state index contributed by atoms with van der Waals surface area (Å²) in [6, 6.07) is 5.42. The van der Waals surface area contributed by atoms with Crippen LogP contribution in [0.2, 0.25) is 5.02 Å². The van der Waals surface area contributed by atoms with Crippen molar-refractivity contribution in [1.29, 1.82) is 0 Å². The number of carbonyl (C=O) groups excluding carboxylic acids is 1. The number of aromatic amines is 1. The number of aromatic nitrogens is 2. The quantitative estimate of drug-likeness (QED) is 0.865. The number of H-pyrrole nitrogens is 1. The van der Waals surface area contributed by atoms with Crippen molar-refractivity contribution in [3.8, 4) is 11.4 Å². The number of nitrogens with zero attached hydrogens (tertiary/aromatic N) is 1. The van der Waals surface area contributed by atoms with Crippen molar-refractivity contribution in [2.24, 2.45) is 0 Å². The van der Waals surface area contributed by atoms with Crippen LogP contribution < -0.4 is 0 Å². The Morgan fingerprint density at radius 2 is 2.29 bits per heavy atom. The van der Waals surface area contributed by atoms with Crippen molar-refractivity contribution in [2.45, 2.75) is 0 Å². The maximum absolute atomic E-state index is 11.3. The van der Waals surface area contributed by atoms with Gasteiger partial charge in [-0.15, -0.1) is 0 Å². The zero-order valence-electron chi connectivity index (χ0n) is 8.83. The molecule has 17 heavy (non-hydrogen) atoms. The van der Waals surface area contributed by atoms with E-state index in [0.717, 1.165) is 10.0 Å². The van der Waals surface area contributed by atoms with E-state index in [4.69, 9.17) is 11.6 Å². The smallest absolute Gasteiger partial charge is 0.356 e. The minimum Gasteiger partial charge on any atom is -0.464 e. The minimum absolute atomic E-state index is 0.307. The van der Waals surface area contributed by atoms with Gasteiger partial charge in [0.05, 0.1) is 18.3 Å². The summed E-state index contributed by atoms with van der Waals surface area (Å²) < 4.78 is 5.39. The van der Waals surface area contributed by atoms with Crippen LogP contribution in [0.25, 0.3) is 11.4 Å². The Morgan fingerprint density at radius 3 is 2.94 bits per heavy atom.